The van der Waals surface area contributed by atoms with Gasteiger partial charge in [-0.3, -0.25) is 14.4 Å². The predicted molar refractivity (Wildman–Crippen MR) is 106 cm³/mol. The molecular weight excluding hydrogens is 364 g/mol. The van der Waals surface area contributed by atoms with Gasteiger partial charge in [0.2, 0.25) is 0 Å². The van der Waals surface area contributed by atoms with Crippen molar-refractivity contribution in [1.82, 2.24) is 9.47 Å². The highest BCUT2D eigenvalue weighted by atomic mass is 35.5. The summed E-state index contributed by atoms with van der Waals surface area (Å²) in [5, 5.41) is 0.581. The van der Waals surface area contributed by atoms with Gasteiger partial charge in [-0.2, -0.15) is 0 Å². The quantitative estimate of drug-likeness (QED) is 0.760. The molecule has 1 aliphatic heterocycles. The summed E-state index contributed by atoms with van der Waals surface area (Å²) in [4.78, 5) is 40.1. The lowest BCUT2D eigenvalue weighted by Crippen LogP contribution is -2.44. The lowest BCUT2D eigenvalue weighted by Gasteiger charge is -2.32. The zero-order chi connectivity index (χ0) is 19.7. The highest BCUT2D eigenvalue weighted by Crippen LogP contribution is 2.23. The molecule has 0 N–H and O–H groups in total. The molecule has 0 aliphatic carbocycles. The number of aryl methyl sites for hydroxylation is 2. The molecule has 0 radical (unpaired) electrons. The minimum Gasteiger partial charge on any atom is -0.338 e. The molecular formula is C21H23ClN2O3. The Kier molecular flexibility index (Phi) is 5.51. The van der Waals surface area contributed by atoms with E-state index in [0.717, 1.165) is 18.5 Å². The molecule has 1 aromatic carbocycles. The summed E-state index contributed by atoms with van der Waals surface area (Å²) in [7, 11) is 1.66. The Balaban J connectivity index is 1.83. The Morgan fingerprint density at radius 3 is 2.48 bits per heavy atom. The first-order chi connectivity index (χ1) is 12.8. The first kappa shape index (κ1) is 19.4. The molecule has 1 atom stereocenters. The van der Waals surface area contributed by atoms with Crippen LogP contribution in [0.3, 0.4) is 0 Å². The number of pyridine rings is 1. The van der Waals surface area contributed by atoms with Crippen molar-refractivity contribution in [2.45, 2.75) is 26.7 Å². The fourth-order valence-corrected chi connectivity index (χ4v) is 3.75. The number of carbonyl (C=O) groups is 2. The zero-order valence-electron chi connectivity index (χ0n) is 15.8. The van der Waals surface area contributed by atoms with Gasteiger partial charge in [0.1, 0.15) is 5.56 Å². The van der Waals surface area contributed by atoms with Crippen LogP contribution in [0.1, 0.15) is 44.8 Å². The molecule has 27 heavy (non-hydrogen) atoms. The normalized spacial score (nSPS) is 17.0. The molecule has 6 heteroatoms. The van der Waals surface area contributed by atoms with E-state index in [2.05, 4.69) is 0 Å². The van der Waals surface area contributed by atoms with Crippen LogP contribution >= 0.6 is 11.6 Å². The van der Waals surface area contributed by atoms with Crippen molar-refractivity contribution in [2.75, 3.05) is 13.1 Å². The number of halogens is 1. The molecule has 1 saturated heterocycles. The summed E-state index contributed by atoms with van der Waals surface area (Å²) in [6.45, 7) is 4.50. The van der Waals surface area contributed by atoms with Crippen LogP contribution in [0.5, 0.6) is 0 Å². The van der Waals surface area contributed by atoms with Gasteiger partial charge in [-0.1, -0.05) is 11.6 Å². The SMILES string of the molecule is Cc1cc(C)n(C)c(=O)c1C(=O)N1CCC[C@@H](C(=O)c2ccc(Cl)cc2)C1. The van der Waals surface area contributed by atoms with Gasteiger partial charge in [0.05, 0.1) is 0 Å². The van der Waals surface area contributed by atoms with Crippen molar-refractivity contribution in [3.05, 3.63) is 68.1 Å². The Morgan fingerprint density at radius 1 is 1.15 bits per heavy atom. The Bertz CT molecular complexity index is 947. The fraction of sp³-hybridized carbons (Fsp3) is 0.381. The van der Waals surface area contributed by atoms with Gasteiger partial charge in [-0.25, -0.2) is 0 Å². The number of piperidine rings is 1. The van der Waals surface area contributed by atoms with E-state index in [1.807, 2.05) is 13.0 Å². The second-order valence-electron chi connectivity index (χ2n) is 7.17. The van der Waals surface area contributed by atoms with Crippen LogP contribution in [0, 0.1) is 19.8 Å². The number of Topliss-reactive ketones (excluding diaryl/α,β-unsaturated/α-hetero) is 1. The molecule has 0 saturated carbocycles. The van der Waals surface area contributed by atoms with E-state index in [1.54, 1.807) is 43.1 Å². The highest BCUT2D eigenvalue weighted by molar-refractivity contribution is 6.30. The number of hydrogen-bond acceptors (Lipinski definition) is 3. The number of carbonyl (C=O) groups excluding carboxylic acids is 2. The number of rotatable bonds is 3. The minimum atomic E-state index is -0.290. The van der Waals surface area contributed by atoms with Gasteiger partial charge in [0, 0.05) is 42.3 Å². The zero-order valence-corrected chi connectivity index (χ0v) is 16.5. The molecule has 3 rings (SSSR count). The van der Waals surface area contributed by atoms with Gasteiger partial charge in [-0.05, 0) is 62.6 Å². The molecule has 5 nitrogen and oxygen atoms in total. The van der Waals surface area contributed by atoms with E-state index in [9.17, 15) is 14.4 Å². The summed E-state index contributed by atoms with van der Waals surface area (Å²) in [5.41, 5.74) is 1.99. The number of nitrogens with zero attached hydrogens (tertiary/aromatic N) is 2. The third-order valence-electron chi connectivity index (χ3n) is 5.29. The number of ketones is 1. The smallest absolute Gasteiger partial charge is 0.263 e. The van der Waals surface area contributed by atoms with E-state index in [0.29, 0.717) is 29.2 Å². The number of aromatic nitrogens is 1. The second-order valence-corrected chi connectivity index (χ2v) is 7.61. The van der Waals surface area contributed by atoms with Crippen LogP contribution in [-0.4, -0.2) is 34.2 Å². The third kappa shape index (κ3) is 3.83. The Hall–Kier alpha value is -2.40. The van der Waals surface area contributed by atoms with E-state index < -0.39 is 0 Å². The molecule has 142 valence electrons. The standard InChI is InChI=1S/C21H23ClN2O3/c1-13-11-14(2)23(3)20(26)18(13)21(27)24-10-4-5-16(12-24)19(25)15-6-8-17(22)9-7-15/h6-9,11,16H,4-5,10,12H2,1-3H3/t16-/m1/s1. The first-order valence-electron chi connectivity index (χ1n) is 9.06. The second kappa shape index (κ2) is 7.69. The monoisotopic (exact) mass is 386 g/mol. The highest BCUT2D eigenvalue weighted by Gasteiger charge is 2.31. The lowest BCUT2D eigenvalue weighted by atomic mass is 9.89. The van der Waals surface area contributed by atoms with E-state index >= 15 is 0 Å². The summed E-state index contributed by atoms with van der Waals surface area (Å²) >= 11 is 5.89. The van der Waals surface area contributed by atoms with Crippen molar-refractivity contribution in [3.63, 3.8) is 0 Å². The average Bonchev–Trinajstić information content (AvgIpc) is 2.66. The van der Waals surface area contributed by atoms with Crippen LogP contribution in [0.25, 0.3) is 0 Å². The van der Waals surface area contributed by atoms with E-state index in [1.165, 1.54) is 4.57 Å². The van der Waals surface area contributed by atoms with Gasteiger partial charge in [0.15, 0.2) is 5.78 Å². The summed E-state index contributed by atoms with van der Waals surface area (Å²) in [5.74, 6) is -0.544. The number of amides is 1. The molecule has 0 spiro atoms. The maximum atomic E-state index is 13.0. The topological polar surface area (TPSA) is 59.4 Å². The van der Waals surface area contributed by atoms with Crippen molar-refractivity contribution >= 4 is 23.3 Å². The molecule has 1 amide bonds. The summed E-state index contributed by atoms with van der Waals surface area (Å²) < 4.78 is 1.49. The molecule has 2 heterocycles. The Morgan fingerprint density at radius 2 is 1.81 bits per heavy atom. The van der Waals surface area contributed by atoms with Crippen molar-refractivity contribution in [1.29, 1.82) is 0 Å². The largest absolute Gasteiger partial charge is 0.338 e. The fourth-order valence-electron chi connectivity index (χ4n) is 3.62. The van der Waals surface area contributed by atoms with Crippen molar-refractivity contribution in [3.8, 4) is 0 Å². The minimum absolute atomic E-state index is 0.0118. The van der Waals surface area contributed by atoms with E-state index in [-0.39, 0.29) is 28.7 Å². The van der Waals surface area contributed by atoms with Crippen LogP contribution < -0.4 is 5.56 Å². The lowest BCUT2D eigenvalue weighted by molar-refractivity contribution is 0.0634. The summed E-state index contributed by atoms with van der Waals surface area (Å²) in [6.07, 6.45) is 1.47. The predicted octanol–water partition coefficient (Wildman–Crippen LogP) is 3.39. The van der Waals surface area contributed by atoms with Crippen LogP contribution in [0.15, 0.2) is 35.1 Å². The maximum absolute atomic E-state index is 13.0. The first-order valence-corrected chi connectivity index (χ1v) is 9.43. The van der Waals surface area contributed by atoms with Crippen molar-refractivity contribution < 1.29 is 9.59 Å². The molecule has 0 bridgehead atoms. The number of hydrogen-bond donors (Lipinski definition) is 0. The average molecular weight is 387 g/mol. The van der Waals surface area contributed by atoms with Gasteiger partial charge in [-0.15, -0.1) is 0 Å². The maximum Gasteiger partial charge on any atom is 0.263 e. The van der Waals surface area contributed by atoms with Crippen LogP contribution in [0.4, 0.5) is 0 Å². The van der Waals surface area contributed by atoms with E-state index in [4.69, 9.17) is 11.6 Å². The van der Waals surface area contributed by atoms with Crippen LogP contribution in [-0.2, 0) is 7.05 Å². The van der Waals surface area contributed by atoms with Crippen LogP contribution in [0.2, 0.25) is 5.02 Å². The van der Waals surface area contributed by atoms with Gasteiger partial charge < -0.3 is 9.47 Å². The van der Waals surface area contributed by atoms with Gasteiger partial charge in [0.25, 0.3) is 11.5 Å². The molecule has 2 aromatic rings. The molecule has 0 unspecified atom stereocenters. The van der Waals surface area contributed by atoms with Crippen molar-refractivity contribution in [2.24, 2.45) is 13.0 Å². The Labute approximate surface area is 163 Å². The molecule has 1 fully saturated rings. The summed E-state index contributed by atoms with van der Waals surface area (Å²) in [6, 6.07) is 8.66. The number of likely N-dealkylation sites (tertiary alicyclic amines) is 1. The third-order valence-corrected chi connectivity index (χ3v) is 5.54. The molecule has 1 aromatic heterocycles. The molecule has 1 aliphatic rings. The van der Waals surface area contributed by atoms with Gasteiger partial charge >= 0.3 is 0 Å². The number of benzene rings is 1.